The van der Waals surface area contributed by atoms with Crippen molar-refractivity contribution in [2.45, 2.75) is 51.3 Å². The molecule has 2 atom stereocenters. The van der Waals surface area contributed by atoms with Crippen LogP contribution >= 0.6 is 0 Å². The molecule has 0 radical (unpaired) electrons. The van der Waals surface area contributed by atoms with Gasteiger partial charge in [0.25, 0.3) is 0 Å². The van der Waals surface area contributed by atoms with Crippen LogP contribution in [0.3, 0.4) is 0 Å². The number of piperidine rings is 1. The summed E-state index contributed by atoms with van der Waals surface area (Å²) in [5.41, 5.74) is -0.00196. The zero-order valence-electron chi connectivity index (χ0n) is 13.2. The lowest BCUT2D eigenvalue weighted by Gasteiger charge is -2.51. The highest BCUT2D eigenvalue weighted by Crippen LogP contribution is 2.40. The van der Waals surface area contributed by atoms with Crippen molar-refractivity contribution in [1.82, 2.24) is 15.1 Å². The molecule has 1 amide bonds. The Morgan fingerprint density at radius 3 is 2.40 bits per heavy atom. The number of hydrogen-bond acceptors (Lipinski definition) is 4. The van der Waals surface area contributed by atoms with Crippen molar-refractivity contribution in [3.8, 4) is 0 Å². The van der Waals surface area contributed by atoms with E-state index in [-0.39, 0.29) is 17.4 Å². The Balaban J connectivity index is 1.71. The minimum absolute atomic E-state index is 0.00196. The first-order valence-corrected chi connectivity index (χ1v) is 7.67. The van der Waals surface area contributed by atoms with Crippen molar-refractivity contribution in [3.05, 3.63) is 0 Å². The molecule has 2 unspecified atom stereocenters. The van der Waals surface area contributed by atoms with Crippen LogP contribution in [-0.4, -0.2) is 72.7 Å². The van der Waals surface area contributed by atoms with Crippen molar-refractivity contribution in [2.24, 2.45) is 5.41 Å². The molecular weight excluding hydrogens is 254 g/mol. The second kappa shape index (κ2) is 6.00. The van der Waals surface area contributed by atoms with E-state index >= 15 is 0 Å². The molecule has 1 aliphatic heterocycles. The second-order valence-corrected chi connectivity index (χ2v) is 7.13. The van der Waals surface area contributed by atoms with Gasteiger partial charge in [0.2, 0.25) is 5.91 Å². The molecular formula is C15H29N3O2. The van der Waals surface area contributed by atoms with Crippen molar-refractivity contribution in [3.63, 3.8) is 0 Å². The molecule has 2 fully saturated rings. The quantitative estimate of drug-likeness (QED) is 0.778. The van der Waals surface area contributed by atoms with E-state index < -0.39 is 0 Å². The Labute approximate surface area is 122 Å². The summed E-state index contributed by atoms with van der Waals surface area (Å²) in [6.07, 6.45) is 2.87. The highest BCUT2D eigenvalue weighted by atomic mass is 16.3. The Kier molecular flexibility index (Phi) is 4.72. The number of carbonyl (C=O) groups is 1. The molecule has 1 heterocycles. The summed E-state index contributed by atoms with van der Waals surface area (Å²) >= 11 is 0. The third-order valence-corrected chi connectivity index (χ3v) is 5.10. The Morgan fingerprint density at radius 2 is 1.95 bits per heavy atom. The maximum atomic E-state index is 11.7. The minimum atomic E-state index is -0.169. The molecule has 1 aliphatic carbocycles. The van der Waals surface area contributed by atoms with Gasteiger partial charge in [0.15, 0.2) is 0 Å². The highest BCUT2D eigenvalue weighted by molar-refractivity contribution is 5.77. The maximum Gasteiger partial charge on any atom is 0.236 e. The number of rotatable bonds is 4. The van der Waals surface area contributed by atoms with Gasteiger partial charge in [0.05, 0.1) is 12.6 Å². The van der Waals surface area contributed by atoms with Crippen molar-refractivity contribution in [2.75, 3.05) is 33.7 Å². The molecule has 2 rings (SSSR count). The van der Waals surface area contributed by atoms with E-state index in [0.29, 0.717) is 18.6 Å². The molecule has 0 aromatic carbocycles. The average Bonchev–Trinajstić information content (AvgIpc) is 2.40. The minimum Gasteiger partial charge on any atom is -0.392 e. The van der Waals surface area contributed by atoms with Crippen LogP contribution in [0.1, 0.15) is 33.1 Å². The van der Waals surface area contributed by atoms with E-state index in [1.165, 1.54) is 0 Å². The summed E-state index contributed by atoms with van der Waals surface area (Å²) in [6, 6.07) is 0.954. The summed E-state index contributed by atoms with van der Waals surface area (Å²) in [5.74, 6) is 0.180. The van der Waals surface area contributed by atoms with Crippen molar-refractivity contribution >= 4 is 5.91 Å². The van der Waals surface area contributed by atoms with Gasteiger partial charge in [-0.05, 0) is 19.3 Å². The number of nitrogens with one attached hydrogen (secondary N) is 1. The van der Waals surface area contributed by atoms with E-state index in [1.807, 2.05) is 0 Å². The number of aliphatic hydroxyl groups is 1. The summed E-state index contributed by atoms with van der Waals surface area (Å²) < 4.78 is 0. The normalized spacial score (nSPS) is 30.9. The molecule has 0 spiro atoms. The lowest BCUT2D eigenvalue weighted by Crippen LogP contribution is -2.63. The maximum absolute atomic E-state index is 11.7. The van der Waals surface area contributed by atoms with Crippen LogP contribution in [-0.2, 0) is 4.79 Å². The first kappa shape index (κ1) is 15.7. The summed E-state index contributed by atoms with van der Waals surface area (Å²) in [5, 5.41) is 13.5. The summed E-state index contributed by atoms with van der Waals surface area (Å²) in [7, 11) is 3.61. The van der Waals surface area contributed by atoms with Crippen molar-refractivity contribution < 1.29 is 9.90 Å². The molecule has 0 aromatic heterocycles. The average molecular weight is 283 g/mol. The SMILES string of the molecule is CN(C)C(=O)CN1CCC(NC2CC(O)C2(C)C)CC1. The molecule has 2 N–H and O–H groups in total. The molecule has 1 saturated carbocycles. The fraction of sp³-hybridized carbons (Fsp3) is 0.933. The summed E-state index contributed by atoms with van der Waals surface area (Å²) in [6.45, 7) is 6.75. The highest BCUT2D eigenvalue weighted by Gasteiger charge is 2.47. The first-order chi connectivity index (χ1) is 9.30. The Morgan fingerprint density at radius 1 is 1.35 bits per heavy atom. The van der Waals surface area contributed by atoms with Gasteiger partial charge in [0, 0.05) is 44.7 Å². The van der Waals surface area contributed by atoms with Crippen LogP contribution < -0.4 is 5.32 Å². The van der Waals surface area contributed by atoms with Crippen LogP contribution in [0.15, 0.2) is 0 Å². The molecule has 2 aliphatic rings. The lowest BCUT2D eigenvalue weighted by atomic mass is 9.64. The zero-order chi connectivity index (χ0) is 14.9. The van der Waals surface area contributed by atoms with Gasteiger partial charge >= 0.3 is 0 Å². The molecule has 5 heteroatoms. The smallest absolute Gasteiger partial charge is 0.236 e. The molecule has 0 aromatic rings. The standard InChI is InChI=1S/C15H29N3O2/c1-15(2)12(9-13(15)19)16-11-5-7-18(8-6-11)10-14(20)17(3)4/h11-13,16,19H,5-10H2,1-4H3. The number of likely N-dealkylation sites (N-methyl/N-ethyl adjacent to an activating group) is 1. The fourth-order valence-electron chi connectivity index (χ4n) is 3.06. The van der Waals surface area contributed by atoms with Gasteiger partial charge in [-0.3, -0.25) is 9.69 Å². The topological polar surface area (TPSA) is 55.8 Å². The van der Waals surface area contributed by atoms with Gasteiger partial charge < -0.3 is 15.3 Å². The molecule has 5 nitrogen and oxygen atoms in total. The largest absolute Gasteiger partial charge is 0.392 e. The number of hydrogen-bond donors (Lipinski definition) is 2. The Hall–Kier alpha value is -0.650. The van der Waals surface area contributed by atoms with Crippen LogP contribution in [0.2, 0.25) is 0 Å². The predicted molar refractivity (Wildman–Crippen MR) is 79.5 cm³/mol. The van der Waals surface area contributed by atoms with Crippen LogP contribution in [0.5, 0.6) is 0 Å². The molecule has 20 heavy (non-hydrogen) atoms. The molecule has 0 bridgehead atoms. The van der Waals surface area contributed by atoms with Crippen molar-refractivity contribution in [1.29, 1.82) is 0 Å². The molecule has 116 valence electrons. The van der Waals surface area contributed by atoms with Gasteiger partial charge in [-0.25, -0.2) is 0 Å². The molecule has 1 saturated heterocycles. The van der Waals surface area contributed by atoms with Gasteiger partial charge in [0.1, 0.15) is 0 Å². The van der Waals surface area contributed by atoms with E-state index in [0.717, 1.165) is 32.4 Å². The number of nitrogens with zero attached hydrogens (tertiary/aromatic N) is 2. The van der Waals surface area contributed by atoms with E-state index in [2.05, 4.69) is 24.1 Å². The first-order valence-electron chi connectivity index (χ1n) is 7.67. The summed E-state index contributed by atoms with van der Waals surface area (Å²) in [4.78, 5) is 15.6. The predicted octanol–water partition coefficient (Wildman–Crippen LogP) is 0.288. The third kappa shape index (κ3) is 3.32. The number of carbonyl (C=O) groups excluding carboxylic acids is 1. The van der Waals surface area contributed by atoms with E-state index in [4.69, 9.17) is 0 Å². The lowest BCUT2D eigenvalue weighted by molar-refractivity contribution is -0.130. The van der Waals surface area contributed by atoms with E-state index in [9.17, 15) is 9.90 Å². The van der Waals surface area contributed by atoms with Crippen LogP contribution in [0.25, 0.3) is 0 Å². The van der Waals surface area contributed by atoms with Gasteiger partial charge in [-0.15, -0.1) is 0 Å². The third-order valence-electron chi connectivity index (χ3n) is 5.10. The van der Waals surface area contributed by atoms with Crippen LogP contribution in [0.4, 0.5) is 0 Å². The van der Waals surface area contributed by atoms with Gasteiger partial charge in [-0.2, -0.15) is 0 Å². The number of likely N-dealkylation sites (tertiary alicyclic amines) is 1. The fourth-order valence-corrected chi connectivity index (χ4v) is 3.06. The monoisotopic (exact) mass is 283 g/mol. The van der Waals surface area contributed by atoms with Crippen LogP contribution in [0, 0.1) is 5.41 Å². The Bertz CT molecular complexity index is 349. The van der Waals surface area contributed by atoms with Gasteiger partial charge in [-0.1, -0.05) is 13.8 Å². The number of amides is 1. The zero-order valence-corrected chi connectivity index (χ0v) is 13.2. The van der Waals surface area contributed by atoms with E-state index in [1.54, 1.807) is 19.0 Å². The second-order valence-electron chi connectivity index (χ2n) is 7.13. The number of aliphatic hydroxyl groups excluding tert-OH is 1.